The maximum absolute atomic E-state index is 11.6. The lowest BCUT2D eigenvalue weighted by Gasteiger charge is -2.09. The lowest BCUT2D eigenvalue weighted by molar-refractivity contribution is -0.126. The van der Waals surface area contributed by atoms with E-state index in [1.807, 2.05) is 13.0 Å². The van der Waals surface area contributed by atoms with Crippen LogP contribution >= 0.6 is 11.6 Å². The van der Waals surface area contributed by atoms with E-state index in [1.165, 1.54) is 0 Å². The molecule has 0 radical (unpaired) electrons. The van der Waals surface area contributed by atoms with Crippen LogP contribution in [0, 0.1) is 12.8 Å². The van der Waals surface area contributed by atoms with Crippen LogP contribution in [0.4, 0.5) is 5.69 Å². The molecular weight excluding hydrogens is 252 g/mol. The average molecular weight is 269 g/mol. The molecule has 0 bridgehead atoms. The second-order valence-corrected chi connectivity index (χ2v) is 4.79. The Morgan fingerprint density at radius 2 is 2.00 bits per heavy atom. The second-order valence-electron chi connectivity index (χ2n) is 4.38. The van der Waals surface area contributed by atoms with Crippen LogP contribution in [-0.2, 0) is 9.59 Å². The lowest BCUT2D eigenvalue weighted by Crippen LogP contribution is -2.35. The maximum atomic E-state index is 11.6. The van der Waals surface area contributed by atoms with Crippen molar-refractivity contribution in [3.05, 3.63) is 28.8 Å². The molecule has 2 N–H and O–H groups in total. The summed E-state index contributed by atoms with van der Waals surface area (Å²) < 4.78 is 0. The third-order valence-electron chi connectivity index (χ3n) is 2.40. The number of hydrogen-bond donors (Lipinski definition) is 2. The highest BCUT2D eigenvalue weighted by molar-refractivity contribution is 6.31. The summed E-state index contributed by atoms with van der Waals surface area (Å²) in [5.74, 6) is -0.553. The third-order valence-corrected chi connectivity index (χ3v) is 2.81. The van der Waals surface area contributed by atoms with E-state index in [9.17, 15) is 9.59 Å². The highest BCUT2D eigenvalue weighted by atomic mass is 35.5. The van der Waals surface area contributed by atoms with Gasteiger partial charge in [0.1, 0.15) is 0 Å². The molecule has 5 heteroatoms. The molecule has 0 aliphatic rings. The van der Waals surface area contributed by atoms with Gasteiger partial charge in [-0.15, -0.1) is 0 Å². The SMILES string of the molecule is Cc1ccc(NC(=O)CNC(=O)C(C)C)cc1Cl. The van der Waals surface area contributed by atoms with E-state index in [0.717, 1.165) is 5.56 Å². The first kappa shape index (κ1) is 14.5. The Hall–Kier alpha value is -1.55. The third kappa shape index (κ3) is 4.37. The van der Waals surface area contributed by atoms with Crippen LogP contribution in [0.2, 0.25) is 5.02 Å². The minimum atomic E-state index is -0.274. The summed E-state index contributed by atoms with van der Waals surface area (Å²) in [4.78, 5) is 22.9. The molecule has 1 aromatic carbocycles. The molecule has 4 nitrogen and oxygen atoms in total. The van der Waals surface area contributed by atoms with E-state index in [4.69, 9.17) is 11.6 Å². The summed E-state index contributed by atoms with van der Waals surface area (Å²) in [5.41, 5.74) is 1.57. The summed E-state index contributed by atoms with van der Waals surface area (Å²) >= 11 is 5.95. The van der Waals surface area contributed by atoms with Gasteiger partial charge in [-0.1, -0.05) is 31.5 Å². The number of benzene rings is 1. The first-order chi connectivity index (χ1) is 8.40. The molecule has 0 fully saturated rings. The minimum absolute atomic E-state index is 0.0392. The Morgan fingerprint density at radius 3 is 2.56 bits per heavy atom. The van der Waals surface area contributed by atoms with E-state index in [0.29, 0.717) is 10.7 Å². The Bertz CT molecular complexity index is 458. The highest BCUT2D eigenvalue weighted by Gasteiger charge is 2.09. The number of amides is 2. The van der Waals surface area contributed by atoms with Crippen LogP contribution < -0.4 is 10.6 Å². The summed E-state index contributed by atoms with van der Waals surface area (Å²) in [6.07, 6.45) is 0. The number of nitrogens with one attached hydrogen (secondary N) is 2. The first-order valence-corrected chi connectivity index (χ1v) is 6.11. The van der Waals surface area contributed by atoms with E-state index >= 15 is 0 Å². The van der Waals surface area contributed by atoms with Crippen LogP contribution in [0.3, 0.4) is 0 Å². The number of carbonyl (C=O) groups is 2. The summed E-state index contributed by atoms with van der Waals surface area (Å²) in [5, 5.41) is 5.81. The van der Waals surface area contributed by atoms with Crippen LogP contribution in [0.5, 0.6) is 0 Å². The highest BCUT2D eigenvalue weighted by Crippen LogP contribution is 2.19. The van der Waals surface area contributed by atoms with Crippen molar-refractivity contribution in [2.45, 2.75) is 20.8 Å². The van der Waals surface area contributed by atoms with E-state index in [-0.39, 0.29) is 24.3 Å². The van der Waals surface area contributed by atoms with Gasteiger partial charge < -0.3 is 10.6 Å². The molecular formula is C13H17ClN2O2. The van der Waals surface area contributed by atoms with Gasteiger partial charge in [-0.3, -0.25) is 9.59 Å². The molecule has 18 heavy (non-hydrogen) atoms. The molecule has 0 spiro atoms. The quantitative estimate of drug-likeness (QED) is 0.881. The van der Waals surface area contributed by atoms with Gasteiger partial charge in [-0.2, -0.15) is 0 Å². The molecule has 2 amide bonds. The predicted octanol–water partition coefficient (Wildman–Crippen LogP) is 2.36. The van der Waals surface area contributed by atoms with Crippen molar-refractivity contribution in [3.8, 4) is 0 Å². The summed E-state index contributed by atoms with van der Waals surface area (Å²) in [6.45, 7) is 5.39. The van der Waals surface area contributed by atoms with Crippen molar-refractivity contribution >= 4 is 29.1 Å². The summed E-state index contributed by atoms with van der Waals surface area (Å²) in [7, 11) is 0. The van der Waals surface area contributed by atoms with Gasteiger partial charge in [0, 0.05) is 16.6 Å². The molecule has 98 valence electrons. The van der Waals surface area contributed by atoms with Crippen molar-refractivity contribution in [2.24, 2.45) is 5.92 Å². The van der Waals surface area contributed by atoms with Crippen LogP contribution in [0.1, 0.15) is 19.4 Å². The number of carbonyl (C=O) groups excluding carboxylic acids is 2. The van der Waals surface area contributed by atoms with Gasteiger partial charge in [0.25, 0.3) is 0 Å². The van der Waals surface area contributed by atoms with Crippen LogP contribution in [0.25, 0.3) is 0 Å². The van der Waals surface area contributed by atoms with Gasteiger partial charge in [0.15, 0.2) is 0 Å². The van der Waals surface area contributed by atoms with Gasteiger partial charge in [-0.05, 0) is 24.6 Å². The van der Waals surface area contributed by atoms with Gasteiger partial charge >= 0.3 is 0 Å². The monoisotopic (exact) mass is 268 g/mol. The lowest BCUT2D eigenvalue weighted by atomic mass is 10.2. The Morgan fingerprint density at radius 1 is 1.33 bits per heavy atom. The molecule has 0 saturated carbocycles. The Balaban J connectivity index is 2.49. The number of halogens is 1. The average Bonchev–Trinajstić information content (AvgIpc) is 2.30. The van der Waals surface area contributed by atoms with Crippen molar-refractivity contribution in [1.29, 1.82) is 0 Å². The zero-order valence-corrected chi connectivity index (χ0v) is 11.5. The van der Waals surface area contributed by atoms with E-state index in [2.05, 4.69) is 10.6 Å². The standard InChI is InChI=1S/C13H17ClN2O2/c1-8(2)13(18)15-7-12(17)16-10-5-4-9(3)11(14)6-10/h4-6,8H,7H2,1-3H3,(H,15,18)(H,16,17). The van der Waals surface area contributed by atoms with Crippen molar-refractivity contribution in [1.82, 2.24) is 5.32 Å². The molecule has 0 aliphatic heterocycles. The molecule has 0 aliphatic carbocycles. The fraction of sp³-hybridized carbons (Fsp3) is 0.385. The molecule has 0 heterocycles. The Labute approximate surface area is 112 Å². The van der Waals surface area contributed by atoms with Crippen molar-refractivity contribution in [2.75, 3.05) is 11.9 Å². The zero-order chi connectivity index (χ0) is 13.7. The maximum Gasteiger partial charge on any atom is 0.243 e. The predicted molar refractivity (Wildman–Crippen MR) is 72.7 cm³/mol. The molecule has 0 aromatic heterocycles. The van der Waals surface area contributed by atoms with Crippen molar-refractivity contribution in [3.63, 3.8) is 0 Å². The van der Waals surface area contributed by atoms with Gasteiger partial charge in [0.2, 0.25) is 11.8 Å². The molecule has 0 saturated heterocycles. The summed E-state index contributed by atoms with van der Waals surface area (Å²) in [6, 6.07) is 5.27. The van der Waals surface area contributed by atoms with Gasteiger partial charge in [0.05, 0.1) is 6.54 Å². The topological polar surface area (TPSA) is 58.2 Å². The molecule has 1 aromatic rings. The van der Waals surface area contributed by atoms with Crippen LogP contribution in [-0.4, -0.2) is 18.4 Å². The number of hydrogen-bond acceptors (Lipinski definition) is 2. The number of anilines is 1. The molecule has 0 unspecified atom stereocenters. The largest absolute Gasteiger partial charge is 0.347 e. The van der Waals surface area contributed by atoms with E-state index < -0.39 is 0 Å². The number of aryl methyl sites for hydroxylation is 1. The van der Waals surface area contributed by atoms with Crippen molar-refractivity contribution < 1.29 is 9.59 Å². The smallest absolute Gasteiger partial charge is 0.243 e. The zero-order valence-electron chi connectivity index (χ0n) is 10.7. The minimum Gasteiger partial charge on any atom is -0.347 e. The normalized spacial score (nSPS) is 10.3. The molecule has 1 rings (SSSR count). The second kappa shape index (κ2) is 6.40. The fourth-order valence-corrected chi connectivity index (χ4v) is 1.43. The fourth-order valence-electron chi connectivity index (χ4n) is 1.25. The van der Waals surface area contributed by atoms with Crippen LogP contribution in [0.15, 0.2) is 18.2 Å². The molecule has 0 atom stereocenters. The number of rotatable bonds is 4. The van der Waals surface area contributed by atoms with E-state index in [1.54, 1.807) is 26.0 Å². The Kier molecular flexibility index (Phi) is 5.16. The van der Waals surface area contributed by atoms with Gasteiger partial charge in [-0.25, -0.2) is 0 Å². The first-order valence-electron chi connectivity index (χ1n) is 5.74.